The number of hydrogen-bond acceptors (Lipinski definition) is 4. The van der Waals surface area contributed by atoms with E-state index in [1.54, 1.807) is 12.3 Å². The minimum Gasteiger partial charge on any atom is -0.494 e. The first-order valence-electron chi connectivity index (χ1n) is 9.64. The van der Waals surface area contributed by atoms with Gasteiger partial charge in [0.1, 0.15) is 5.75 Å². The van der Waals surface area contributed by atoms with Crippen molar-refractivity contribution in [3.8, 4) is 5.75 Å². The zero-order valence-corrected chi connectivity index (χ0v) is 18.3. The Morgan fingerprint density at radius 3 is 2.41 bits per heavy atom. The van der Waals surface area contributed by atoms with E-state index in [0.717, 1.165) is 28.3 Å². The molecule has 0 saturated heterocycles. The van der Waals surface area contributed by atoms with Crippen molar-refractivity contribution in [3.63, 3.8) is 0 Å². The van der Waals surface area contributed by atoms with Crippen LogP contribution in [0.25, 0.3) is 0 Å². The topological polar surface area (TPSA) is 38.3 Å². The van der Waals surface area contributed by atoms with Crippen molar-refractivity contribution in [2.75, 3.05) is 11.9 Å². The number of ketones is 1. The summed E-state index contributed by atoms with van der Waals surface area (Å²) in [6.45, 7) is 3.01. The van der Waals surface area contributed by atoms with Gasteiger partial charge in [-0.2, -0.15) is 0 Å². The highest BCUT2D eigenvalue weighted by Crippen LogP contribution is 2.22. The van der Waals surface area contributed by atoms with E-state index in [1.807, 2.05) is 36.4 Å². The highest BCUT2D eigenvalue weighted by molar-refractivity contribution is 9.11. The molecule has 0 saturated carbocycles. The smallest absolute Gasteiger partial charge is 0.197 e. The third kappa shape index (κ3) is 8.76. The molecule has 2 aromatic rings. The lowest BCUT2D eigenvalue weighted by molar-refractivity contribution is 0.105. The van der Waals surface area contributed by atoms with Gasteiger partial charge >= 0.3 is 0 Å². The molecule has 0 fully saturated rings. The van der Waals surface area contributed by atoms with Crippen molar-refractivity contribution in [2.45, 2.75) is 51.9 Å². The lowest BCUT2D eigenvalue weighted by Gasteiger charge is -2.07. The molecule has 3 nitrogen and oxygen atoms in total. The molecule has 0 unspecified atom stereocenters. The van der Waals surface area contributed by atoms with E-state index in [0.29, 0.717) is 4.88 Å². The average Bonchev–Trinajstić information content (AvgIpc) is 3.11. The number of benzene rings is 1. The number of carbonyl (C=O) groups is 1. The molecule has 5 heteroatoms. The summed E-state index contributed by atoms with van der Waals surface area (Å²) in [4.78, 5) is 12.7. The molecule has 1 aromatic heterocycles. The van der Waals surface area contributed by atoms with Crippen LogP contribution in [0.1, 0.15) is 61.5 Å². The van der Waals surface area contributed by atoms with Gasteiger partial charge in [-0.3, -0.25) is 4.79 Å². The second-order valence-electron chi connectivity index (χ2n) is 6.44. The normalized spacial score (nSPS) is 11.0. The molecule has 1 heterocycles. The summed E-state index contributed by atoms with van der Waals surface area (Å²) in [5.41, 5.74) is 0.926. The van der Waals surface area contributed by atoms with Crippen molar-refractivity contribution in [2.24, 2.45) is 0 Å². The van der Waals surface area contributed by atoms with Gasteiger partial charge in [-0.1, -0.05) is 45.4 Å². The van der Waals surface area contributed by atoms with Crippen molar-refractivity contribution < 1.29 is 9.53 Å². The number of allylic oxidation sites excluding steroid dienone is 1. The van der Waals surface area contributed by atoms with Gasteiger partial charge in [0.2, 0.25) is 0 Å². The number of hydrogen-bond donors (Lipinski definition) is 1. The van der Waals surface area contributed by atoms with Crippen LogP contribution >= 0.6 is 27.3 Å². The fraction of sp³-hybridized carbons (Fsp3) is 0.409. The van der Waals surface area contributed by atoms with Gasteiger partial charge in [0, 0.05) is 18.0 Å². The summed E-state index contributed by atoms with van der Waals surface area (Å²) in [6, 6.07) is 11.5. The van der Waals surface area contributed by atoms with Gasteiger partial charge < -0.3 is 10.1 Å². The van der Waals surface area contributed by atoms with E-state index in [9.17, 15) is 4.79 Å². The molecule has 0 spiro atoms. The molecule has 27 heavy (non-hydrogen) atoms. The molecular weight excluding hydrogens is 422 g/mol. The van der Waals surface area contributed by atoms with Gasteiger partial charge in [-0.05, 0) is 58.7 Å². The fourth-order valence-electron chi connectivity index (χ4n) is 2.64. The Morgan fingerprint density at radius 1 is 1.04 bits per heavy atom. The van der Waals surface area contributed by atoms with Crippen LogP contribution in [-0.4, -0.2) is 12.4 Å². The number of unbranched alkanes of at least 4 members (excludes halogenated alkanes) is 6. The Kier molecular flexibility index (Phi) is 10.2. The Hall–Kier alpha value is -1.59. The van der Waals surface area contributed by atoms with E-state index in [2.05, 4.69) is 28.2 Å². The van der Waals surface area contributed by atoms with E-state index in [-0.39, 0.29) is 5.78 Å². The summed E-state index contributed by atoms with van der Waals surface area (Å²) in [5.74, 6) is 0.878. The van der Waals surface area contributed by atoms with Crippen LogP contribution in [0.2, 0.25) is 0 Å². The molecule has 1 aromatic carbocycles. The van der Waals surface area contributed by atoms with Gasteiger partial charge in [-0.15, -0.1) is 11.3 Å². The summed E-state index contributed by atoms with van der Waals surface area (Å²) < 4.78 is 6.75. The minimum absolute atomic E-state index is 0.00662. The second-order valence-corrected chi connectivity index (χ2v) is 8.90. The predicted octanol–water partition coefficient (Wildman–Crippen LogP) is 7.45. The Labute approximate surface area is 175 Å². The maximum absolute atomic E-state index is 12.0. The second kappa shape index (κ2) is 12.7. The van der Waals surface area contributed by atoms with Gasteiger partial charge in [0.25, 0.3) is 0 Å². The first-order valence-corrected chi connectivity index (χ1v) is 11.3. The number of halogens is 1. The van der Waals surface area contributed by atoms with Gasteiger partial charge in [-0.25, -0.2) is 0 Å². The van der Waals surface area contributed by atoms with Crippen molar-refractivity contribution in [1.82, 2.24) is 0 Å². The molecule has 0 aliphatic heterocycles. The zero-order valence-electron chi connectivity index (χ0n) is 15.9. The molecule has 2 rings (SSSR count). The highest BCUT2D eigenvalue weighted by Gasteiger charge is 2.04. The number of anilines is 1. The monoisotopic (exact) mass is 449 g/mol. The lowest BCUT2D eigenvalue weighted by atomic mass is 10.1. The quantitative estimate of drug-likeness (QED) is 0.196. The largest absolute Gasteiger partial charge is 0.494 e. The molecule has 1 N–H and O–H groups in total. The van der Waals surface area contributed by atoms with Crippen LogP contribution in [0.5, 0.6) is 5.75 Å². The summed E-state index contributed by atoms with van der Waals surface area (Å²) in [6.07, 6.45) is 12.2. The summed E-state index contributed by atoms with van der Waals surface area (Å²) in [7, 11) is 0. The van der Waals surface area contributed by atoms with E-state index < -0.39 is 0 Å². The van der Waals surface area contributed by atoms with Crippen molar-refractivity contribution in [1.29, 1.82) is 0 Å². The number of ether oxygens (including phenoxy) is 1. The van der Waals surface area contributed by atoms with Crippen LogP contribution in [0, 0.1) is 0 Å². The van der Waals surface area contributed by atoms with E-state index >= 15 is 0 Å². The molecule has 0 aliphatic carbocycles. The fourth-order valence-corrected chi connectivity index (χ4v) is 3.95. The zero-order chi connectivity index (χ0) is 19.3. The van der Waals surface area contributed by atoms with Crippen LogP contribution < -0.4 is 10.1 Å². The maximum Gasteiger partial charge on any atom is 0.197 e. The molecule has 0 aliphatic rings. The number of carbonyl (C=O) groups excluding carboxylic acids is 1. The van der Waals surface area contributed by atoms with Crippen molar-refractivity contribution >= 4 is 38.7 Å². The Bertz CT molecular complexity index is 709. The third-order valence-electron chi connectivity index (χ3n) is 4.17. The average molecular weight is 450 g/mol. The number of thiophene rings is 1. The first kappa shape index (κ1) is 21.7. The van der Waals surface area contributed by atoms with Crippen LogP contribution in [0.3, 0.4) is 0 Å². The van der Waals surface area contributed by atoms with E-state index in [1.165, 1.54) is 49.9 Å². The molecule has 146 valence electrons. The van der Waals surface area contributed by atoms with Gasteiger partial charge in [0.05, 0.1) is 15.3 Å². The van der Waals surface area contributed by atoms with E-state index in [4.69, 9.17) is 4.74 Å². The SMILES string of the molecule is CCCCCCCCCOc1ccc(N/C=C\C(=O)c2ccc(Br)s2)cc1. The lowest BCUT2D eigenvalue weighted by Crippen LogP contribution is -1.97. The Morgan fingerprint density at radius 2 is 1.74 bits per heavy atom. The van der Waals surface area contributed by atoms with Crippen LogP contribution in [0.15, 0.2) is 52.5 Å². The third-order valence-corrected chi connectivity index (χ3v) is 5.81. The highest BCUT2D eigenvalue weighted by atomic mass is 79.9. The number of rotatable bonds is 13. The molecule has 0 atom stereocenters. The summed E-state index contributed by atoms with van der Waals surface area (Å²) in [5, 5.41) is 3.12. The van der Waals surface area contributed by atoms with Gasteiger partial charge in [0.15, 0.2) is 5.78 Å². The standard InChI is InChI=1S/C22H28BrNO2S/c1-2-3-4-5-6-7-8-17-26-19-11-9-18(10-12-19)24-16-15-20(25)21-13-14-22(23)27-21/h9-16,24H,2-8,17H2,1H3/b16-15-. The Balaban J connectivity index is 1.63. The van der Waals surface area contributed by atoms with Crippen LogP contribution in [-0.2, 0) is 0 Å². The predicted molar refractivity (Wildman–Crippen MR) is 119 cm³/mol. The molecule has 0 bridgehead atoms. The molecular formula is C22H28BrNO2S. The first-order chi connectivity index (χ1) is 13.2. The molecule has 0 amide bonds. The maximum atomic E-state index is 12.0. The van der Waals surface area contributed by atoms with Crippen molar-refractivity contribution in [3.05, 3.63) is 57.3 Å². The molecule has 0 radical (unpaired) electrons. The minimum atomic E-state index is -0.00662. The van der Waals surface area contributed by atoms with Crippen LogP contribution in [0.4, 0.5) is 5.69 Å². The number of nitrogens with one attached hydrogen (secondary N) is 1. The summed E-state index contributed by atoms with van der Waals surface area (Å²) >= 11 is 4.80.